The highest BCUT2D eigenvalue weighted by Gasteiger charge is 2.27. The van der Waals surface area contributed by atoms with E-state index in [1.807, 2.05) is 0 Å². The number of nitrogens with two attached hydrogens (primary N) is 1. The van der Waals surface area contributed by atoms with Crippen molar-refractivity contribution in [1.82, 2.24) is 4.90 Å². The summed E-state index contributed by atoms with van der Waals surface area (Å²) in [7, 11) is 0. The Morgan fingerprint density at radius 2 is 2.20 bits per heavy atom. The van der Waals surface area contributed by atoms with Crippen molar-refractivity contribution in [1.29, 1.82) is 0 Å². The molecule has 20 heavy (non-hydrogen) atoms. The lowest BCUT2D eigenvalue weighted by Gasteiger charge is -2.38. The van der Waals surface area contributed by atoms with Gasteiger partial charge in [0.25, 0.3) is 0 Å². The van der Waals surface area contributed by atoms with Crippen LogP contribution in [0.5, 0.6) is 0 Å². The van der Waals surface area contributed by atoms with E-state index in [2.05, 4.69) is 49.9 Å². The van der Waals surface area contributed by atoms with Crippen LogP contribution in [0.2, 0.25) is 0 Å². The first-order valence-electron chi connectivity index (χ1n) is 7.82. The van der Waals surface area contributed by atoms with Crippen LogP contribution in [0.3, 0.4) is 0 Å². The van der Waals surface area contributed by atoms with Crippen molar-refractivity contribution in [3.05, 3.63) is 35.4 Å². The summed E-state index contributed by atoms with van der Waals surface area (Å²) in [6.45, 7) is 9.39. The second-order valence-electron chi connectivity index (χ2n) is 6.02. The van der Waals surface area contributed by atoms with E-state index in [0.29, 0.717) is 6.04 Å². The first kappa shape index (κ1) is 15.5. The molecule has 0 saturated carbocycles. The Hall–Kier alpha value is -0.900. The normalized spacial score (nSPS) is 22.1. The molecule has 0 amide bonds. The van der Waals surface area contributed by atoms with Crippen LogP contribution in [0.1, 0.15) is 44.4 Å². The number of morpholine rings is 1. The number of ether oxygens (including phenoxy) is 1. The van der Waals surface area contributed by atoms with Crippen molar-refractivity contribution in [2.75, 3.05) is 19.7 Å². The van der Waals surface area contributed by atoms with Gasteiger partial charge in [-0.25, -0.2) is 0 Å². The van der Waals surface area contributed by atoms with Crippen LogP contribution in [0.15, 0.2) is 24.3 Å². The second kappa shape index (κ2) is 7.21. The van der Waals surface area contributed by atoms with Gasteiger partial charge in [-0.05, 0) is 31.4 Å². The Labute approximate surface area is 123 Å². The van der Waals surface area contributed by atoms with Gasteiger partial charge in [-0.2, -0.15) is 0 Å². The first-order chi connectivity index (χ1) is 9.61. The average molecular weight is 276 g/mol. The van der Waals surface area contributed by atoms with Gasteiger partial charge in [-0.15, -0.1) is 0 Å². The van der Waals surface area contributed by atoms with Crippen LogP contribution in [-0.4, -0.2) is 36.7 Å². The topological polar surface area (TPSA) is 38.5 Å². The highest BCUT2D eigenvalue weighted by atomic mass is 16.5. The molecule has 1 aromatic rings. The van der Waals surface area contributed by atoms with E-state index in [0.717, 1.165) is 26.1 Å². The SMILES string of the molecule is CCCc1cccc(C(N)C2CN(C(C)C)CCO2)c1. The summed E-state index contributed by atoms with van der Waals surface area (Å²) in [5, 5.41) is 0. The molecule has 3 nitrogen and oxygen atoms in total. The summed E-state index contributed by atoms with van der Waals surface area (Å²) < 4.78 is 5.91. The van der Waals surface area contributed by atoms with E-state index in [4.69, 9.17) is 10.5 Å². The monoisotopic (exact) mass is 276 g/mol. The number of hydrogen-bond acceptors (Lipinski definition) is 3. The fourth-order valence-corrected chi connectivity index (χ4v) is 2.84. The van der Waals surface area contributed by atoms with Gasteiger partial charge in [0.05, 0.1) is 18.8 Å². The summed E-state index contributed by atoms with van der Waals surface area (Å²) in [5.41, 5.74) is 9.02. The second-order valence-corrected chi connectivity index (χ2v) is 6.02. The molecule has 0 radical (unpaired) electrons. The van der Waals surface area contributed by atoms with E-state index >= 15 is 0 Å². The molecule has 1 aliphatic rings. The van der Waals surface area contributed by atoms with Gasteiger partial charge in [0.15, 0.2) is 0 Å². The van der Waals surface area contributed by atoms with Crippen LogP contribution < -0.4 is 5.73 Å². The molecule has 2 N–H and O–H groups in total. The van der Waals surface area contributed by atoms with E-state index in [1.54, 1.807) is 0 Å². The zero-order chi connectivity index (χ0) is 14.5. The molecule has 2 unspecified atom stereocenters. The van der Waals surface area contributed by atoms with Crippen LogP contribution in [0.4, 0.5) is 0 Å². The Morgan fingerprint density at radius 1 is 1.40 bits per heavy atom. The van der Waals surface area contributed by atoms with Crippen molar-refractivity contribution in [3.8, 4) is 0 Å². The van der Waals surface area contributed by atoms with Gasteiger partial charge in [0.2, 0.25) is 0 Å². The minimum absolute atomic E-state index is 0.0339. The highest BCUT2D eigenvalue weighted by molar-refractivity contribution is 5.27. The molecule has 0 aromatic heterocycles. The van der Waals surface area contributed by atoms with Gasteiger partial charge in [-0.3, -0.25) is 4.90 Å². The molecule has 3 heteroatoms. The van der Waals surface area contributed by atoms with Gasteiger partial charge in [0.1, 0.15) is 0 Å². The molecule has 0 spiro atoms. The van der Waals surface area contributed by atoms with Crippen LogP contribution in [-0.2, 0) is 11.2 Å². The fraction of sp³-hybridized carbons (Fsp3) is 0.647. The van der Waals surface area contributed by atoms with Crippen LogP contribution in [0.25, 0.3) is 0 Å². The average Bonchev–Trinajstić information content (AvgIpc) is 2.47. The summed E-state index contributed by atoms with van der Waals surface area (Å²) in [4.78, 5) is 2.45. The molecule has 1 aromatic carbocycles. The fourth-order valence-electron chi connectivity index (χ4n) is 2.84. The Morgan fingerprint density at radius 3 is 2.90 bits per heavy atom. The van der Waals surface area contributed by atoms with Gasteiger partial charge in [-0.1, -0.05) is 37.6 Å². The minimum atomic E-state index is -0.0339. The van der Waals surface area contributed by atoms with Gasteiger partial charge < -0.3 is 10.5 Å². The van der Waals surface area contributed by atoms with E-state index in [1.165, 1.54) is 17.5 Å². The maximum atomic E-state index is 6.45. The smallest absolute Gasteiger partial charge is 0.0894 e. The first-order valence-corrected chi connectivity index (χ1v) is 7.82. The molecule has 112 valence electrons. The highest BCUT2D eigenvalue weighted by Crippen LogP contribution is 2.22. The molecule has 0 aliphatic carbocycles. The zero-order valence-electron chi connectivity index (χ0n) is 13.0. The quantitative estimate of drug-likeness (QED) is 0.898. The molecule has 1 saturated heterocycles. The molecular formula is C17H28N2O. The predicted octanol–water partition coefficient (Wildman–Crippen LogP) is 2.75. The summed E-state index contributed by atoms with van der Waals surface area (Å²) in [6.07, 6.45) is 2.38. The van der Waals surface area contributed by atoms with Crippen molar-refractivity contribution in [2.24, 2.45) is 5.73 Å². The largest absolute Gasteiger partial charge is 0.374 e. The maximum Gasteiger partial charge on any atom is 0.0894 e. The Kier molecular flexibility index (Phi) is 5.58. The van der Waals surface area contributed by atoms with E-state index in [-0.39, 0.29) is 12.1 Å². The van der Waals surface area contributed by atoms with Gasteiger partial charge >= 0.3 is 0 Å². The maximum absolute atomic E-state index is 6.45. The van der Waals surface area contributed by atoms with E-state index < -0.39 is 0 Å². The third-order valence-electron chi connectivity index (χ3n) is 4.13. The van der Waals surface area contributed by atoms with Gasteiger partial charge in [0, 0.05) is 19.1 Å². The number of aryl methyl sites for hydroxylation is 1. The molecule has 2 rings (SSSR count). The van der Waals surface area contributed by atoms with Crippen molar-refractivity contribution in [3.63, 3.8) is 0 Å². The van der Waals surface area contributed by atoms with Crippen molar-refractivity contribution in [2.45, 2.75) is 51.8 Å². The summed E-state index contributed by atoms with van der Waals surface area (Å²) in [6, 6.07) is 9.19. The molecule has 1 aliphatic heterocycles. The van der Waals surface area contributed by atoms with Crippen LogP contribution in [0, 0.1) is 0 Å². The summed E-state index contributed by atoms with van der Waals surface area (Å²) in [5.74, 6) is 0. The lowest BCUT2D eigenvalue weighted by Crippen LogP contribution is -2.49. The molecule has 0 bridgehead atoms. The number of rotatable bonds is 5. The standard InChI is InChI=1S/C17H28N2O/c1-4-6-14-7-5-8-15(11-14)17(18)16-12-19(13(2)3)9-10-20-16/h5,7-8,11,13,16-17H,4,6,9-10,12,18H2,1-3H3. The van der Waals surface area contributed by atoms with E-state index in [9.17, 15) is 0 Å². The lowest BCUT2D eigenvalue weighted by molar-refractivity contribution is -0.0502. The lowest BCUT2D eigenvalue weighted by atomic mass is 9.97. The third-order valence-corrected chi connectivity index (χ3v) is 4.13. The number of benzene rings is 1. The minimum Gasteiger partial charge on any atom is -0.374 e. The Bertz CT molecular complexity index is 419. The number of hydrogen-bond donors (Lipinski definition) is 1. The van der Waals surface area contributed by atoms with Crippen molar-refractivity contribution < 1.29 is 4.74 Å². The Balaban J connectivity index is 2.06. The zero-order valence-corrected chi connectivity index (χ0v) is 13.0. The third kappa shape index (κ3) is 3.81. The molecular weight excluding hydrogens is 248 g/mol. The van der Waals surface area contributed by atoms with Crippen molar-refractivity contribution >= 4 is 0 Å². The van der Waals surface area contributed by atoms with Crippen LogP contribution >= 0.6 is 0 Å². The predicted molar refractivity (Wildman–Crippen MR) is 83.8 cm³/mol. The molecule has 2 atom stereocenters. The molecule has 1 heterocycles. The summed E-state index contributed by atoms with van der Waals surface area (Å²) >= 11 is 0. The number of nitrogens with zero attached hydrogens (tertiary/aromatic N) is 1. The molecule has 1 fully saturated rings.